The Morgan fingerprint density at radius 2 is 1.40 bits per heavy atom. The number of carboxylic acid groups (broad SMARTS) is 1. The molecule has 1 unspecified atom stereocenters. The lowest BCUT2D eigenvalue weighted by atomic mass is 9.47. The van der Waals surface area contributed by atoms with Gasteiger partial charge in [0.1, 0.15) is 6.04 Å². The van der Waals surface area contributed by atoms with Crippen LogP contribution in [0.1, 0.15) is 59.2 Å². The predicted octanol–water partition coefficient (Wildman–Crippen LogP) is 2.95. The van der Waals surface area contributed by atoms with E-state index in [2.05, 4.69) is 0 Å². The average Bonchev–Trinajstić information content (AvgIpc) is 2.79. The lowest BCUT2D eigenvalue weighted by molar-refractivity contribution is -0.156. The van der Waals surface area contributed by atoms with E-state index in [0.29, 0.717) is 28.9 Å². The molecule has 5 aliphatic rings. The first-order valence-corrected chi connectivity index (χ1v) is 9.18. The van der Waals surface area contributed by atoms with Crippen molar-refractivity contribution in [3.8, 4) is 0 Å². The molecule has 4 fully saturated rings. The van der Waals surface area contributed by atoms with E-state index < -0.39 is 29.2 Å². The second-order valence-electron chi connectivity index (χ2n) is 8.55. The summed E-state index contributed by atoms with van der Waals surface area (Å²) in [6, 6.07) is 5.64. The molecule has 1 aliphatic heterocycles. The van der Waals surface area contributed by atoms with Crippen LogP contribution in [0.3, 0.4) is 0 Å². The summed E-state index contributed by atoms with van der Waals surface area (Å²) in [4.78, 5) is 39.1. The summed E-state index contributed by atoms with van der Waals surface area (Å²) >= 11 is 0. The van der Waals surface area contributed by atoms with Crippen LogP contribution in [0.15, 0.2) is 24.3 Å². The maximum Gasteiger partial charge on any atom is 0.327 e. The molecule has 4 bridgehead atoms. The fourth-order valence-corrected chi connectivity index (χ4v) is 6.60. The number of carbonyl (C=O) groups is 3. The molecule has 6 rings (SSSR count). The third-order valence-corrected chi connectivity index (χ3v) is 6.98. The minimum absolute atomic E-state index is 0.337. The highest BCUT2D eigenvalue weighted by Gasteiger charge is 2.60. The van der Waals surface area contributed by atoms with Gasteiger partial charge in [-0.15, -0.1) is 0 Å². The third kappa shape index (κ3) is 1.98. The molecule has 0 radical (unpaired) electrons. The van der Waals surface area contributed by atoms with Crippen molar-refractivity contribution in [2.45, 2.75) is 44.6 Å². The van der Waals surface area contributed by atoms with E-state index in [-0.39, 0.29) is 0 Å². The van der Waals surface area contributed by atoms with Gasteiger partial charge in [-0.2, -0.15) is 0 Å². The number of aliphatic carboxylic acids is 1. The molecule has 130 valence electrons. The lowest BCUT2D eigenvalue weighted by Crippen LogP contribution is -2.61. The van der Waals surface area contributed by atoms with E-state index in [1.54, 1.807) is 24.3 Å². The summed E-state index contributed by atoms with van der Waals surface area (Å²) in [6.07, 6.45) is 6.07. The Balaban J connectivity index is 1.58. The van der Waals surface area contributed by atoms with Crippen molar-refractivity contribution in [2.75, 3.05) is 0 Å². The highest BCUT2D eigenvalue weighted by Crippen LogP contribution is 2.62. The number of nitrogens with zero attached hydrogens (tertiary/aromatic N) is 1. The Bertz CT molecular complexity index is 728. The number of rotatable bonds is 3. The minimum Gasteiger partial charge on any atom is -0.480 e. The van der Waals surface area contributed by atoms with Crippen LogP contribution in [0, 0.1) is 23.2 Å². The van der Waals surface area contributed by atoms with Gasteiger partial charge in [-0.3, -0.25) is 14.5 Å². The zero-order valence-electron chi connectivity index (χ0n) is 14.0. The Labute approximate surface area is 146 Å². The first-order chi connectivity index (χ1) is 12.0. The van der Waals surface area contributed by atoms with Crippen LogP contribution in [-0.2, 0) is 4.79 Å². The first kappa shape index (κ1) is 15.1. The van der Waals surface area contributed by atoms with Crippen LogP contribution >= 0.6 is 0 Å². The zero-order valence-corrected chi connectivity index (χ0v) is 14.0. The zero-order chi connectivity index (χ0) is 17.3. The second kappa shape index (κ2) is 4.93. The number of carbonyl (C=O) groups excluding carboxylic acids is 2. The lowest BCUT2D eigenvalue weighted by Gasteiger charge is -2.59. The van der Waals surface area contributed by atoms with Crippen LogP contribution in [0.5, 0.6) is 0 Å². The van der Waals surface area contributed by atoms with E-state index in [0.717, 1.165) is 24.2 Å². The minimum atomic E-state index is -1.03. The molecule has 1 aromatic carbocycles. The number of hydrogen-bond donors (Lipinski definition) is 1. The van der Waals surface area contributed by atoms with Crippen LogP contribution in [0.2, 0.25) is 0 Å². The Kier molecular flexibility index (Phi) is 2.98. The highest BCUT2D eigenvalue weighted by atomic mass is 16.4. The molecule has 1 atom stereocenters. The molecule has 0 aromatic heterocycles. The molecule has 4 aliphatic carbocycles. The predicted molar refractivity (Wildman–Crippen MR) is 89.0 cm³/mol. The van der Waals surface area contributed by atoms with Crippen molar-refractivity contribution in [3.63, 3.8) is 0 Å². The third-order valence-electron chi connectivity index (χ3n) is 6.98. The Morgan fingerprint density at radius 3 is 1.80 bits per heavy atom. The largest absolute Gasteiger partial charge is 0.480 e. The van der Waals surface area contributed by atoms with E-state index in [1.807, 2.05) is 0 Å². The molecule has 2 amide bonds. The van der Waals surface area contributed by atoms with Gasteiger partial charge in [-0.05, 0) is 68.4 Å². The molecule has 1 aromatic rings. The maximum absolute atomic E-state index is 12.9. The van der Waals surface area contributed by atoms with E-state index >= 15 is 0 Å². The van der Waals surface area contributed by atoms with Crippen molar-refractivity contribution >= 4 is 17.8 Å². The first-order valence-electron chi connectivity index (χ1n) is 9.18. The summed E-state index contributed by atoms with van der Waals surface area (Å²) in [5.41, 5.74) is 0.237. The summed E-state index contributed by atoms with van der Waals surface area (Å²) < 4.78 is 0. The molecular weight excluding hydrogens is 318 g/mol. The smallest absolute Gasteiger partial charge is 0.327 e. The van der Waals surface area contributed by atoms with Crippen LogP contribution < -0.4 is 0 Å². The molecule has 5 nitrogen and oxygen atoms in total. The topological polar surface area (TPSA) is 74.7 Å². The van der Waals surface area contributed by atoms with Gasteiger partial charge in [0.2, 0.25) is 0 Å². The van der Waals surface area contributed by atoms with Crippen LogP contribution in [-0.4, -0.2) is 33.8 Å². The summed E-state index contributed by atoms with van der Waals surface area (Å²) in [7, 11) is 0. The molecular formula is C20H21NO4. The number of hydrogen-bond acceptors (Lipinski definition) is 3. The SMILES string of the molecule is O=C(O)C(N1C(=O)c2ccccc2C1=O)C12CC3CC(CC(C3)C1)C2. The van der Waals surface area contributed by atoms with Gasteiger partial charge in [-0.1, -0.05) is 12.1 Å². The highest BCUT2D eigenvalue weighted by molar-refractivity contribution is 6.22. The van der Waals surface area contributed by atoms with Crippen LogP contribution in [0.4, 0.5) is 0 Å². The maximum atomic E-state index is 12.9. The number of fused-ring (bicyclic) bond motifs is 1. The fraction of sp³-hybridized carbons (Fsp3) is 0.550. The number of imide groups is 1. The van der Waals surface area contributed by atoms with E-state index in [9.17, 15) is 19.5 Å². The quantitative estimate of drug-likeness (QED) is 0.859. The average molecular weight is 339 g/mol. The van der Waals surface area contributed by atoms with Crippen molar-refractivity contribution < 1.29 is 19.5 Å². The van der Waals surface area contributed by atoms with Crippen molar-refractivity contribution in [2.24, 2.45) is 23.2 Å². The van der Waals surface area contributed by atoms with E-state index in [4.69, 9.17) is 0 Å². The molecule has 25 heavy (non-hydrogen) atoms. The summed E-state index contributed by atoms with van der Waals surface area (Å²) in [5, 5.41) is 10.1. The molecule has 5 heteroatoms. The van der Waals surface area contributed by atoms with Crippen molar-refractivity contribution in [3.05, 3.63) is 35.4 Å². The fourth-order valence-electron chi connectivity index (χ4n) is 6.60. The van der Waals surface area contributed by atoms with E-state index in [1.165, 1.54) is 19.3 Å². The van der Waals surface area contributed by atoms with Gasteiger partial charge >= 0.3 is 5.97 Å². The molecule has 4 saturated carbocycles. The number of carboxylic acids is 1. The van der Waals surface area contributed by atoms with Gasteiger partial charge in [0, 0.05) is 5.41 Å². The van der Waals surface area contributed by atoms with Gasteiger partial charge in [0.05, 0.1) is 11.1 Å². The molecule has 1 heterocycles. The molecule has 1 N–H and O–H groups in total. The molecule has 0 spiro atoms. The van der Waals surface area contributed by atoms with Crippen molar-refractivity contribution in [1.29, 1.82) is 0 Å². The number of amides is 2. The summed E-state index contributed by atoms with van der Waals surface area (Å²) in [6.45, 7) is 0. The normalized spacial score (nSPS) is 36.6. The van der Waals surface area contributed by atoms with Gasteiger partial charge in [0.25, 0.3) is 11.8 Å². The standard InChI is InChI=1S/C20H21NO4/c22-17-14-3-1-2-4-15(14)18(23)21(17)16(19(24)25)20-8-11-5-12(9-20)7-13(6-11)10-20/h1-4,11-13,16H,5-10H2,(H,24,25). The molecule has 0 saturated heterocycles. The summed E-state index contributed by atoms with van der Waals surface area (Å²) in [5.74, 6) is -0.237. The Hall–Kier alpha value is -2.17. The van der Waals surface area contributed by atoms with Gasteiger partial charge < -0.3 is 5.11 Å². The van der Waals surface area contributed by atoms with Crippen molar-refractivity contribution in [1.82, 2.24) is 4.90 Å². The van der Waals surface area contributed by atoms with Gasteiger partial charge in [-0.25, -0.2) is 4.79 Å². The Morgan fingerprint density at radius 1 is 0.960 bits per heavy atom. The monoisotopic (exact) mass is 339 g/mol. The number of benzene rings is 1. The van der Waals surface area contributed by atoms with Gasteiger partial charge in [0.15, 0.2) is 0 Å². The second-order valence-corrected chi connectivity index (χ2v) is 8.55. The van der Waals surface area contributed by atoms with Crippen LogP contribution in [0.25, 0.3) is 0 Å².